The lowest BCUT2D eigenvalue weighted by atomic mass is 9.68. The number of rotatable bonds is 7. The molecule has 29 heavy (non-hydrogen) atoms. The summed E-state index contributed by atoms with van der Waals surface area (Å²) in [6, 6.07) is 13.7. The van der Waals surface area contributed by atoms with Gasteiger partial charge in [0.15, 0.2) is 0 Å². The van der Waals surface area contributed by atoms with Crippen molar-refractivity contribution in [3.63, 3.8) is 0 Å². The SMILES string of the molecule is CCCCOc1ccc(NC(=O)C2(c3ccccc3F)CCCCC2)c(C#N)c1. The highest BCUT2D eigenvalue weighted by Crippen LogP contribution is 2.41. The molecule has 0 unspecified atom stereocenters. The third-order valence-electron chi connectivity index (χ3n) is 5.66. The lowest BCUT2D eigenvalue weighted by molar-refractivity contribution is -0.122. The van der Waals surface area contributed by atoms with E-state index in [1.54, 1.807) is 36.4 Å². The Balaban J connectivity index is 1.87. The van der Waals surface area contributed by atoms with Gasteiger partial charge in [-0.15, -0.1) is 0 Å². The van der Waals surface area contributed by atoms with Crippen LogP contribution in [0.5, 0.6) is 5.75 Å². The fourth-order valence-corrected chi connectivity index (χ4v) is 4.01. The van der Waals surface area contributed by atoms with Gasteiger partial charge in [-0.3, -0.25) is 4.79 Å². The number of nitriles is 1. The molecule has 0 spiro atoms. The lowest BCUT2D eigenvalue weighted by Crippen LogP contribution is -2.42. The third kappa shape index (κ3) is 4.59. The van der Waals surface area contributed by atoms with Crippen molar-refractivity contribution in [1.82, 2.24) is 0 Å². The fourth-order valence-electron chi connectivity index (χ4n) is 4.01. The van der Waals surface area contributed by atoms with Crippen LogP contribution in [-0.2, 0) is 10.2 Å². The number of carbonyl (C=O) groups is 1. The van der Waals surface area contributed by atoms with Crippen molar-refractivity contribution in [3.8, 4) is 11.8 Å². The van der Waals surface area contributed by atoms with Gasteiger partial charge in [-0.1, -0.05) is 50.8 Å². The molecule has 1 amide bonds. The van der Waals surface area contributed by atoms with Crippen LogP contribution in [0.3, 0.4) is 0 Å². The maximum absolute atomic E-state index is 14.6. The van der Waals surface area contributed by atoms with E-state index >= 15 is 0 Å². The summed E-state index contributed by atoms with van der Waals surface area (Å²) in [4.78, 5) is 13.4. The van der Waals surface area contributed by atoms with Gasteiger partial charge in [0.05, 0.1) is 23.3 Å². The number of nitrogens with zero attached hydrogens (tertiary/aromatic N) is 1. The summed E-state index contributed by atoms with van der Waals surface area (Å²) in [6.45, 7) is 2.67. The van der Waals surface area contributed by atoms with Crippen LogP contribution >= 0.6 is 0 Å². The first-order chi connectivity index (χ1) is 14.1. The number of nitrogens with one attached hydrogen (secondary N) is 1. The molecule has 2 aromatic rings. The number of anilines is 1. The van der Waals surface area contributed by atoms with Gasteiger partial charge in [-0.05, 0) is 43.5 Å². The van der Waals surface area contributed by atoms with Crippen molar-refractivity contribution >= 4 is 11.6 Å². The third-order valence-corrected chi connectivity index (χ3v) is 5.66. The van der Waals surface area contributed by atoms with Crippen LogP contribution in [0, 0.1) is 17.1 Å². The molecule has 1 aliphatic rings. The minimum Gasteiger partial charge on any atom is -0.494 e. The monoisotopic (exact) mass is 394 g/mol. The van der Waals surface area contributed by atoms with Gasteiger partial charge < -0.3 is 10.1 Å². The van der Waals surface area contributed by atoms with E-state index < -0.39 is 5.41 Å². The molecular formula is C24H27FN2O2. The Morgan fingerprint density at radius 3 is 2.66 bits per heavy atom. The number of carbonyl (C=O) groups excluding carboxylic acids is 1. The highest BCUT2D eigenvalue weighted by atomic mass is 19.1. The molecule has 1 aliphatic carbocycles. The Morgan fingerprint density at radius 2 is 1.97 bits per heavy atom. The minimum absolute atomic E-state index is 0.251. The van der Waals surface area contributed by atoms with E-state index in [2.05, 4.69) is 18.3 Å². The summed E-state index contributed by atoms with van der Waals surface area (Å²) in [6.07, 6.45) is 5.94. The van der Waals surface area contributed by atoms with E-state index in [0.29, 0.717) is 42.0 Å². The lowest BCUT2D eigenvalue weighted by Gasteiger charge is -2.36. The average molecular weight is 394 g/mol. The second-order valence-electron chi connectivity index (χ2n) is 7.60. The Kier molecular flexibility index (Phi) is 6.87. The summed E-state index contributed by atoms with van der Waals surface area (Å²) < 4.78 is 20.3. The number of halogens is 1. The molecule has 0 heterocycles. The Bertz CT molecular complexity index is 898. The average Bonchev–Trinajstić information content (AvgIpc) is 2.75. The molecule has 0 saturated heterocycles. The predicted octanol–water partition coefficient (Wildman–Crippen LogP) is 5.72. The zero-order valence-corrected chi connectivity index (χ0v) is 16.8. The second kappa shape index (κ2) is 9.56. The molecule has 5 heteroatoms. The zero-order chi connectivity index (χ0) is 20.7. The predicted molar refractivity (Wildman–Crippen MR) is 111 cm³/mol. The Labute approximate surface area is 171 Å². The summed E-state index contributed by atoms with van der Waals surface area (Å²) in [5, 5.41) is 12.5. The first-order valence-corrected chi connectivity index (χ1v) is 10.3. The topological polar surface area (TPSA) is 62.1 Å². The van der Waals surface area contributed by atoms with Gasteiger partial charge in [0.25, 0.3) is 0 Å². The van der Waals surface area contributed by atoms with Crippen molar-refractivity contribution in [2.75, 3.05) is 11.9 Å². The molecule has 1 fully saturated rings. The molecule has 1 saturated carbocycles. The van der Waals surface area contributed by atoms with E-state index in [0.717, 1.165) is 32.1 Å². The molecule has 0 radical (unpaired) electrons. The number of ether oxygens (including phenoxy) is 1. The standard InChI is InChI=1S/C24H27FN2O2/c1-2-3-15-29-19-11-12-22(18(16-19)17-26)27-23(28)24(13-7-4-8-14-24)20-9-5-6-10-21(20)25/h5-6,9-12,16H,2-4,7-8,13-15H2,1H3,(H,27,28). The fraction of sp³-hybridized carbons (Fsp3) is 0.417. The van der Waals surface area contributed by atoms with Crippen molar-refractivity contribution in [1.29, 1.82) is 5.26 Å². The van der Waals surface area contributed by atoms with Crippen LogP contribution in [0.4, 0.5) is 10.1 Å². The number of hydrogen-bond donors (Lipinski definition) is 1. The molecule has 0 aromatic heterocycles. The van der Waals surface area contributed by atoms with Crippen molar-refractivity contribution in [2.24, 2.45) is 0 Å². The first-order valence-electron chi connectivity index (χ1n) is 10.3. The van der Waals surface area contributed by atoms with Crippen LogP contribution in [0.1, 0.15) is 63.0 Å². The summed E-state index contributed by atoms with van der Waals surface area (Å²) in [5.41, 5.74) is 0.302. The zero-order valence-electron chi connectivity index (χ0n) is 16.8. The van der Waals surface area contributed by atoms with Crippen LogP contribution in [0.15, 0.2) is 42.5 Å². The molecule has 4 nitrogen and oxygen atoms in total. The van der Waals surface area contributed by atoms with E-state index in [-0.39, 0.29) is 11.7 Å². The summed E-state index contributed by atoms with van der Waals surface area (Å²) in [5.74, 6) is -0.00216. The highest BCUT2D eigenvalue weighted by molar-refractivity contribution is 6.00. The molecular weight excluding hydrogens is 367 g/mol. The van der Waals surface area contributed by atoms with E-state index in [1.165, 1.54) is 6.07 Å². The normalized spacial score (nSPS) is 15.3. The van der Waals surface area contributed by atoms with E-state index in [4.69, 9.17) is 4.74 Å². The van der Waals surface area contributed by atoms with Crippen molar-refractivity contribution < 1.29 is 13.9 Å². The summed E-state index contributed by atoms with van der Waals surface area (Å²) >= 11 is 0. The van der Waals surface area contributed by atoms with Crippen LogP contribution in [-0.4, -0.2) is 12.5 Å². The molecule has 0 atom stereocenters. The number of hydrogen-bond acceptors (Lipinski definition) is 3. The number of unbranched alkanes of at least 4 members (excludes halogenated alkanes) is 1. The highest BCUT2D eigenvalue weighted by Gasteiger charge is 2.43. The molecule has 1 N–H and O–H groups in total. The summed E-state index contributed by atoms with van der Waals surface area (Å²) in [7, 11) is 0. The largest absolute Gasteiger partial charge is 0.494 e. The van der Waals surface area contributed by atoms with Gasteiger partial charge in [-0.2, -0.15) is 5.26 Å². The molecule has 2 aromatic carbocycles. The minimum atomic E-state index is -0.910. The number of benzene rings is 2. The van der Waals surface area contributed by atoms with E-state index in [9.17, 15) is 14.4 Å². The first kappa shape index (κ1) is 20.9. The smallest absolute Gasteiger partial charge is 0.235 e. The van der Waals surface area contributed by atoms with Crippen molar-refractivity contribution in [2.45, 2.75) is 57.3 Å². The van der Waals surface area contributed by atoms with Crippen LogP contribution < -0.4 is 10.1 Å². The van der Waals surface area contributed by atoms with Crippen LogP contribution in [0.25, 0.3) is 0 Å². The maximum Gasteiger partial charge on any atom is 0.235 e. The van der Waals surface area contributed by atoms with Gasteiger partial charge in [0.1, 0.15) is 17.6 Å². The molecule has 0 bridgehead atoms. The molecule has 152 valence electrons. The van der Waals surface area contributed by atoms with Gasteiger partial charge in [-0.25, -0.2) is 4.39 Å². The molecule has 3 rings (SSSR count). The van der Waals surface area contributed by atoms with Gasteiger partial charge in [0, 0.05) is 5.56 Å². The quantitative estimate of drug-likeness (QED) is 0.611. The van der Waals surface area contributed by atoms with Crippen molar-refractivity contribution in [3.05, 3.63) is 59.4 Å². The molecule has 0 aliphatic heterocycles. The van der Waals surface area contributed by atoms with Gasteiger partial charge in [0.2, 0.25) is 5.91 Å². The van der Waals surface area contributed by atoms with E-state index in [1.807, 2.05) is 0 Å². The Morgan fingerprint density at radius 1 is 1.21 bits per heavy atom. The Hall–Kier alpha value is -2.87. The van der Waals surface area contributed by atoms with Gasteiger partial charge >= 0.3 is 0 Å². The number of amides is 1. The second-order valence-corrected chi connectivity index (χ2v) is 7.60. The van der Waals surface area contributed by atoms with Crippen LogP contribution in [0.2, 0.25) is 0 Å². The maximum atomic E-state index is 14.6.